The molecule has 0 aromatic heterocycles. The normalized spacial score (nSPS) is 26.5. The number of carbonyl (C=O) groups is 1. The monoisotopic (exact) mass is 324 g/mol. The Hall–Kier alpha value is -1.66. The highest BCUT2D eigenvalue weighted by Gasteiger charge is 2.42. The fraction of sp³-hybridized carbons (Fsp3) is 0.619. The van der Waals surface area contributed by atoms with Crippen LogP contribution in [0.5, 0.6) is 0 Å². The zero-order valence-corrected chi connectivity index (χ0v) is 14.8. The third-order valence-corrected chi connectivity index (χ3v) is 5.49. The van der Waals surface area contributed by atoms with E-state index in [9.17, 15) is 10.1 Å². The molecule has 2 bridgehead atoms. The molecule has 1 saturated carbocycles. The van der Waals surface area contributed by atoms with Gasteiger partial charge < -0.3 is 5.32 Å². The Morgan fingerprint density at radius 2 is 1.88 bits per heavy atom. The lowest BCUT2D eigenvalue weighted by atomic mass is 9.88. The van der Waals surface area contributed by atoms with E-state index in [2.05, 4.69) is 49.5 Å². The summed E-state index contributed by atoms with van der Waals surface area (Å²) in [6.45, 7) is 4.43. The number of rotatable bonds is 7. The quantitative estimate of drug-likeness (QED) is 0.832. The molecule has 2 fully saturated rings. The predicted octanol–water partition coefficient (Wildman–Crippen LogP) is 3.67. The maximum Gasteiger partial charge on any atom is 0.151 e. The molecule has 24 heavy (non-hydrogen) atoms. The molecule has 3 heteroatoms. The number of nitrogens with zero attached hydrogens (tertiary/aromatic N) is 1. The number of hydrogen-bond acceptors (Lipinski definition) is 3. The van der Waals surface area contributed by atoms with Crippen molar-refractivity contribution in [2.45, 2.75) is 64.5 Å². The van der Waals surface area contributed by atoms with Gasteiger partial charge in [-0.3, -0.25) is 4.79 Å². The summed E-state index contributed by atoms with van der Waals surface area (Å²) in [5.41, 5.74) is 2.49. The molecule has 0 amide bonds. The minimum absolute atomic E-state index is 0.00742. The van der Waals surface area contributed by atoms with Crippen molar-refractivity contribution in [3.05, 3.63) is 35.4 Å². The van der Waals surface area contributed by atoms with E-state index in [-0.39, 0.29) is 17.7 Å². The van der Waals surface area contributed by atoms with Gasteiger partial charge in [-0.2, -0.15) is 5.26 Å². The molecular weight excluding hydrogens is 296 g/mol. The van der Waals surface area contributed by atoms with Crippen molar-refractivity contribution in [2.75, 3.05) is 0 Å². The molecule has 1 aromatic rings. The molecule has 1 aliphatic carbocycles. The number of carbonyl (C=O) groups excluding carboxylic acids is 1. The minimum Gasteiger partial charge on any atom is -0.304 e. The standard InChI is InChI=1S/C21H28N2O/c1-14(2)9-15-3-5-16(6-4-15)10-17(13-22)11-20(24)21-18-7-8-19(12-18)23-21/h3-6,14,17-19,21,23H,7-12H2,1-2H3/t17-,18+,19-,21+/m1/s1. The second-order valence-electron chi connectivity index (χ2n) is 8.03. The van der Waals surface area contributed by atoms with Crippen molar-refractivity contribution in [3.63, 3.8) is 0 Å². The van der Waals surface area contributed by atoms with Gasteiger partial charge >= 0.3 is 0 Å². The van der Waals surface area contributed by atoms with Crippen molar-refractivity contribution in [3.8, 4) is 6.07 Å². The highest BCUT2D eigenvalue weighted by Crippen LogP contribution is 2.36. The van der Waals surface area contributed by atoms with E-state index in [1.165, 1.54) is 18.4 Å². The number of nitrogens with one attached hydrogen (secondary N) is 1. The summed E-state index contributed by atoms with van der Waals surface area (Å²) < 4.78 is 0. The van der Waals surface area contributed by atoms with E-state index in [4.69, 9.17) is 0 Å². The molecule has 3 rings (SSSR count). The Bertz CT molecular complexity index is 614. The van der Waals surface area contributed by atoms with Crippen LogP contribution in [0.2, 0.25) is 0 Å². The molecule has 1 saturated heterocycles. The summed E-state index contributed by atoms with van der Waals surface area (Å²) in [4.78, 5) is 12.6. The molecule has 3 nitrogen and oxygen atoms in total. The van der Waals surface area contributed by atoms with Gasteiger partial charge in [-0.15, -0.1) is 0 Å². The molecule has 1 aliphatic heterocycles. The lowest BCUT2D eigenvalue weighted by Gasteiger charge is -2.22. The topological polar surface area (TPSA) is 52.9 Å². The zero-order chi connectivity index (χ0) is 17.1. The summed E-state index contributed by atoms with van der Waals surface area (Å²) in [7, 11) is 0. The van der Waals surface area contributed by atoms with Crippen molar-refractivity contribution < 1.29 is 4.79 Å². The molecule has 128 valence electrons. The van der Waals surface area contributed by atoms with Crippen LogP contribution in [0.25, 0.3) is 0 Å². The predicted molar refractivity (Wildman–Crippen MR) is 95.5 cm³/mol. The average molecular weight is 324 g/mol. The van der Waals surface area contributed by atoms with Crippen molar-refractivity contribution >= 4 is 5.78 Å². The molecule has 4 atom stereocenters. The van der Waals surface area contributed by atoms with E-state index in [1.807, 2.05) is 0 Å². The van der Waals surface area contributed by atoms with Crippen molar-refractivity contribution in [1.29, 1.82) is 5.26 Å². The molecule has 0 radical (unpaired) electrons. The zero-order valence-electron chi connectivity index (χ0n) is 14.8. The largest absolute Gasteiger partial charge is 0.304 e. The van der Waals surface area contributed by atoms with Gasteiger partial charge in [-0.1, -0.05) is 38.1 Å². The van der Waals surface area contributed by atoms with E-state index in [0.29, 0.717) is 30.7 Å². The number of ketones is 1. The second-order valence-corrected chi connectivity index (χ2v) is 8.03. The summed E-state index contributed by atoms with van der Waals surface area (Å²) in [6.07, 6.45) is 5.65. The Balaban J connectivity index is 1.55. The summed E-state index contributed by atoms with van der Waals surface area (Å²) in [5.74, 6) is 1.19. The molecule has 1 heterocycles. The van der Waals surface area contributed by atoms with Gasteiger partial charge in [0.15, 0.2) is 5.78 Å². The first-order valence-corrected chi connectivity index (χ1v) is 9.31. The minimum atomic E-state index is -0.214. The van der Waals surface area contributed by atoms with Gasteiger partial charge in [0, 0.05) is 12.5 Å². The van der Waals surface area contributed by atoms with Crippen molar-refractivity contribution in [2.24, 2.45) is 17.8 Å². The summed E-state index contributed by atoms with van der Waals surface area (Å²) >= 11 is 0. The Labute approximate surface area is 145 Å². The fourth-order valence-electron chi connectivity index (χ4n) is 4.32. The fourth-order valence-corrected chi connectivity index (χ4v) is 4.32. The molecule has 0 spiro atoms. The third-order valence-electron chi connectivity index (χ3n) is 5.49. The molecular formula is C21H28N2O. The van der Waals surface area contributed by atoms with Gasteiger partial charge in [0.05, 0.1) is 18.0 Å². The molecule has 1 N–H and O–H groups in total. The van der Waals surface area contributed by atoms with Gasteiger partial charge in [-0.05, 0) is 55.1 Å². The van der Waals surface area contributed by atoms with Crippen LogP contribution < -0.4 is 5.32 Å². The van der Waals surface area contributed by atoms with Crippen molar-refractivity contribution in [1.82, 2.24) is 5.32 Å². The Morgan fingerprint density at radius 1 is 1.21 bits per heavy atom. The van der Waals surface area contributed by atoms with Gasteiger partial charge in [0.2, 0.25) is 0 Å². The van der Waals surface area contributed by atoms with Crippen LogP contribution in [-0.4, -0.2) is 17.9 Å². The van der Waals surface area contributed by atoms with E-state index < -0.39 is 0 Å². The molecule has 1 aromatic carbocycles. The van der Waals surface area contributed by atoms with Crippen LogP contribution in [0, 0.1) is 29.1 Å². The molecule has 2 aliphatic rings. The summed E-state index contributed by atoms with van der Waals surface area (Å²) in [5, 5.41) is 12.9. The van der Waals surface area contributed by atoms with E-state index >= 15 is 0 Å². The van der Waals surface area contributed by atoms with Crippen LogP contribution in [0.15, 0.2) is 24.3 Å². The number of piperidine rings is 1. The lowest BCUT2D eigenvalue weighted by molar-refractivity contribution is -0.122. The first-order chi connectivity index (χ1) is 11.5. The van der Waals surface area contributed by atoms with Crippen LogP contribution in [-0.2, 0) is 17.6 Å². The number of benzene rings is 1. The Morgan fingerprint density at radius 3 is 2.38 bits per heavy atom. The highest BCUT2D eigenvalue weighted by molar-refractivity contribution is 5.85. The van der Waals surface area contributed by atoms with Crippen LogP contribution >= 0.6 is 0 Å². The number of nitriles is 1. The van der Waals surface area contributed by atoms with Gasteiger partial charge in [-0.25, -0.2) is 0 Å². The SMILES string of the molecule is CC(C)Cc1ccc(C[C@@H](C#N)CC(=O)[C@H]2N[C@@H]3CC[C@H]2C3)cc1. The first kappa shape index (κ1) is 17.2. The third kappa shape index (κ3) is 4.05. The van der Waals surface area contributed by atoms with E-state index in [1.54, 1.807) is 0 Å². The Kier molecular flexibility index (Phi) is 5.36. The number of hydrogen-bond donors (Lipinski definition) is 1. The van der Waals surface area contributed by atoms with Gasteiger partial charge in [0.25, 0.3) is 0 Å². The summed E-state index contributed by atoms with van der Waals surface area (Å²) in [6, 6.07) is 11.4. The highest BCUT2D eigenvalue weighted by atomic mass is 16.1. The number of Topliss-reactive ketones (excluding diaryl/α,β-unsaturated/α-hetero) is 1. The van der Waals surface area contributed by atoms with Crippen LogP contribution in [0.3, 0.4) is 0 Å². The molecule has 0 unspecified atom stereocenters. The van der Waals surface area contributed by atoms with Gasteiger partial charge in [0.1, 0.15) is 0 Å². The van der Waals surface area contributed by atoms with E-state index in [0.717, 1.165) is 18.4 Å². The second kappa shape index (κ2) is 7.49. The number of fused-ring (bicyclic) bond motifs is 2. The first-order valence-electron chi connectivity index (χ1n) is 9.31. The van der Waals surface area contributed by atoms with Crippen LogP contribution in [0.4, 0.5) is 0 Å². The maximum absolute atomic E-state index is 12.6. The smallest absolute Gasteiger partial charge is 0.151 e. The maximum atomic E-state index is 12.6. The van der Waals surface area contributed by atoms with Crippen LogP contribution in [0.1, 0.15) is 50.7 Å². The lowest BCUT2D eigenvalue weighted by Crippen LogP contribution is -2.42. The average Bonchev–Trinajstić information content (AvgIpc) is 3.18.